The minimum absolute atomic E-state index is 0.0274. The quantitative estimate of drug-likeness (QED) is 0.169. The highest BCUT2D eigenvalue weighted by molar-refractivity contribution is 7.90. The Morgan fingerprint density at radius 2 is 1.57 bits per heavy atom. The van der Waals surface area contributed by atoms with Crippen molar-refractivity contribution in [1.82, 2.24) is 19.4 Å². The molecule has 0 saturated carbocycles. The van der Waals surface area contributed by atoms with Gasteiger partial charge in [0.25, 0.3) is 16.0 Å². The van der Waals surface area contributed by atoms with E-state index in [1.54, 1.807) is 0 Å². The number of piperidine rings is 1. The molecule has 2 fully saturated rings. The van der Waals surface area contributed by atoms with E-state index in [0.29, 0.717) is 44.0 Å². The SMILES string of the molecule is COc1cc(C(=O)N2CCC(CCN3CCC(Nc4nc5ccccc5n4CCS(C)(=O)=O)CC3)(c3ccc(F)c(F)c3)C2OS(C)(=O)=O)cc(OC)c1OC. The van der Waals surface area contributed by atoms with Crippen LogP contribution in [-0.4, -0.2) is 120 Å². The number of anilines is 1. The van der Waals surface area contributed by atoms with Gasteiger partial charge in [0.1, 0.15) is 9.84 Å². The first-order valence-electron chi connectivity index (χ1n) is 18.1. The van der Waals surface area contributed by atoms with Gasteiger partial charge in [-0.05, 0) is 74.2 Å². The number of halogens is 2. The summed E-state index contributed by atoms with van der Waals surface area (Å²) >= 11 is 0. The van der Waals surface area contributed by atoms with Crippen LogP contribution in [-0.2, 0) is 36.1 Å². The number of carbonyl (C=O) groups is 1. The lowest BCUT2D eigenvalue weighted by Crippen LogP contribution is -2.50. The Kier molecular flexibility index (Phi) is 12.1. The van der Waals surface area contributed by atoms with E-state index in [-0.39, 0.29) is 60.5 Å². The minimum atomic E-state index is -4.19. The first kappa shape index (κ1) is 41.1. The van der Waals surface area contributed by atoms with E-state index >= 15 is 0 Å². The molecular weight excluding hydrogens is 773 g/mol. The summed E-state index contributed by atoms with van der Waals surface area (Å²) in [7, 11) is -3.17. The van der Waals surface area contributed by atoms with Crippen molar-refractivity contribution in [3.63, 3.8) is 0 Å². The van der Waals surface area contributed by atoms with Gasteiger partial charge in [0.2, 0.25) is 11.7 Å². The van der Waals surface area contributed by atoms with E-state index < -0.39 is 49.1 Å². The lowest BCUT2D eigenvalue weighted by atomic mass is 9.75. The van der Waals surface area contributed by atoms with Gasteiger partial charge in [0, 0.05) is 49.5 Å². The summed E-state index contributed by atoms with van der Waals surface area (Å²) in [4.78, 5) is 22.5. The summed E-state index contributed by atoms with van der Waals surface area (Å²) in [5, 5.41) is 3.52. The number of amides is 1. The zero-order valence-corrected chi connectivity index (χ0v) is 33.6. The van der Waals surface area contributed by atoms with Crippen LogP contribution in [0.3, 0.4) is 0 Å². The molecule has 0 bridgehead atoms. The van der Waals surface area contributed by atoms with Crippen LogP contribution >= 0.6 is 0 Å². The smallest absolute Gasteiger partial charge is 0.266 e. The molecule has 0 spiro atoms. The Balaban J connectivity index is 1.25. The summed E-state index contributed by atoms with van der Waals surface area (Å²) in [5.74, 6) is -1.51. The molecule has 2 aliphatic rings. The Hall–Kier alpha value is -4.52. The van der Waals surface area contributed by atoms with Crippen molar-refractivity contribution in [3.8, 4) is 17.2 Å². The van der Waals surface area contributed by atoms with Gasteiger partial charge in [-0.15, -0.1) is 0 Å². The standard InChI is InChI=1S/C38H47F2N5O9S2/c1-51-32-22-25(23-33(52-2)34(32)53-3)35(46)45-19-15-38(36(45)54-56(5,49)50,26-10-11-28(39)29(40)24-26)14-18-43-16-12-27(13-17-43)41-37-42-30-8-6-7-9-31(30)44(37)20-21-55(4,47)48/h6-11,22-24,27,36H,12-21H2,1-5H3,(H,41,42). The highest BCUT2D eigenvalue weighted by Gasteiger charge is 2.53. The fourth-order valence-electron chi connectivity index (χ4n) is 7.74. The maximum absolute atomic E-state index is 14.9. The van der Waals surface area contributed by atoms with Crippen molar-refractivity contribution in [1.29, 1.82) is 0 Å². The molecule has 3 aromatic carbocycles. The second-order valence-electron chi connectivity index (χ2n) is 14.3. The first-order valence-corrected chi connectivity index (χ1v) is 22.0. The van der Waals surface area contributed by atoms with Gasteiger partial charge in [0.15, 0.2) is 29.4 Å². The maximum Gasteiger partial charge on any atom is 0.266 e. The molecule has 18 heteroatoms. The van der Waals surface area contributed by atoms with Crippen LogP contribution in [0.15, 0.2) is 54.6 Å². The van der Waals surface area contributed by atoms with Crippen LogP contribution in [0.4, 0.5) is 14.7 Å². The van der Waals surface area contributed by atoms with Crippen molar-refractivity contribution in [2.45, 2.75) is 49.9 Å². The molecule has 2 atom stereocenters. The van der Waals surface area contributed by atoms with Gasteiger partial charge in [-0.25, -0.2) is 26.4 Å². The minimum Gasteiger partial charge on any atom is -0.493 e. The number of aryl methyl sites for hydroxylation is 1. The Morgan fingerprint density at radius 1 is 0.893 bits per heavy atom. The van der Waals surface area contributed by atoms with E-state index in [4.69, 9.17) is 23.4 Å². The molecule has 3 heterocycles. The van der Waals surface area contributed by atoms with Crippen LogP contribution in [0.2, 0.25) is 0 Å². The van der Waals surface area contributed by atoms with Crippen LogP contribution in [0.25, 0.3) is 11.0 Å². The normalized spacial score (nSPS) is 19.7. The van der Waals surface area contributed by atoms with Gasteiger partial charge < -0.3 is 33.9 Å². The maximum atomic E-state index is 14.9. The molecule has 6 rings (SSSR count). The number of sulfone groups is 1. The van der Waals surface area contributed by atoms with Crippen molar-refractivity contribution in [2.24, 2.45) is 0 Å². The Labute approximate surface area is 325 Å². The number of para-hydroxylation sites is 2. The summed E-state index contributed by atoms with van der Waals surface area (Å²) in [6.45, 7) is 2.00. The van der Waals surface area contributed by atoms with Crippen molar-refractivity contribution in [3.05, 3.63) is 77.4 Å². The summed E-state index contributed by atoms with van der Waals surface area (Å²) < 4.78 is 103. The molecule has 14 nitrogen and oxygen atoms in total. The molecule has 4 aromatic rings. The molecule has 0 aliphatic carbocycles. The average Bonchev–Trinajstić information content (AvgIpc) is 3.70. The van der Waals surface area contributed by atoms with Gasteiger partial charge in [0.05, 0.1) is 44.4 Å². The number of likely N-dealkylation sites (tertiary alicyclic amines) is 2. The van der Waals surface area contributed by atoms with E-state index in [1.807, 2.05) is 28.8 Å². The van der Waals surface area contributed by atoms with Gasteiger partial charge >= 0.3 is 0 Å². The number of nitrogens with one attached hydrogen (secondary N) is 1. The van der Waals surface area contributed by atoms with Gasteiger partial charge in [-0.3, -0.25) is 4.79 Å². The van der Waals surface area contributed by atoms with Crippen LogP contribution < -0.4 is 19.5 Å². The number of nitrogens with zero attached hydrogens (tertiary/aromatic N) is 4. The fourth-order valence-corrected chi connectivity index (χ4v) is 8.88. The molecule has 304 valence electrons. The zero-order valence-electron chi connectivity index (χ0n) is 32.0. The highest BCUT2D eigenvalue weighted by Crippen LogP contribution is 2.46. The third-order valence-corrected chi connectivity index (χ3v) is 12.1. The molecule has 1 aromatic heterocycles. The molecule has 2 saturated heterocycles. The topological polar surface area (TPSA) is 159 Å². The van der Waals surface area contributed by atoms with E-state index in [2.05, 4.69) is 10.2 Å². The summed E-state index contributed by atoms with van der Waals surface area (Å²) in [5.41, 5.74) is 0.743. The van der Waals surface area contributed by atoms with Crippen LogP contribution in [0, 0.1) is 11.6 Å². The average molecular weight is 820 g/mol. The highest BCUT2D eigenvalue weighted by atomic mass is 32.2. The Morgan fingerprint density at radius 3 is 2.18 bits per heavy atom. The van der Waals surface area contributed by atoms with Crippen molar-refractivity contribution in [2.75, 3.05) is 71.1 Å². The fraction of sp³-hybridized carbons (Fsp3) is 0.474. The van der Waals surface area contributed by atoms with Crippen LogP contribution in [0.5, 0.6) is 17.2 Å². The molecule has 2 aliphatic heterocycles. The van der Waals surface area contributed by atoms with E-state index in [1.165, 1.54) is 50.7 Å². The van der Waals surface area contributed by atoms with Gasteiger partial charge in [-0.1, -0.05) is 18.2 Å². The lowest BCUT2D eigenvalue weighted by Gasteiger charge is -2.40. The number of rotatable bonds is 15. The lowest BCUT2D eigenvalue weighted by molar-refractivity contribution is 0.0137. The van der Waals surface area contributed by atoms with E-state index in [9.17, 15) is 30.4 Å². The number of benzene rings is 3. The van der Waals surface area contributed by atoms with Crippen LogP contribution in [0.1, 0.15) is 41.6 Å². The third kappa shape index (κ3) is 8.87. The number of carbonyl (C=O) groups excluding carboxylic acids is 1. The first-order chi connectivity index (χ1) is 26.6. The molecule has 1 amide bonds. The number of imidazole rings is 1. The van der Waals surface area contributed by atoms with Crippen molar-refractivity contribution < 1.29 is 48.8 Å². The predicted octanol–water partition coefficient (Wildman–Crippen LogP) is 4.44. The Bertz CT molecular complexity index is 2270. The number of hydrogen-bond donors (Lipinski definition) is 1. The summed E-state index contributed by atoms with van der Waals surface area (Å²) in [6, 6.07) is 13.9. The molecule has 1 N–H and O–H groups in total. The molecule has 56 heavy (non-hydrogen) atoms. The summed E-state index contributed by atoms with van der Waals surface area (Å²) in [6.07, 6.45) is 2.54. The second kappa shape index (κ2) is 16.5. The molecule has 0 radical (unpaired) electrons. The molecule has 2 unspecified atom stereocenters. The van der Waals surface area contributed by atoms with E-state index in [0.717, 1.165) is 29.4 Å². The number of ether oxygens (including phenoxy) is 3. The number of aromatic nitrogens is 2. The third-order valence-electron chi connectivity index (χ3n) is 10.6. The van der Waals surface area contributed by atoms with Crippen molar-refractivity contribution >= 4 is 42.8 Å². The van der Waals surface area contributed by atoms with Gasteiger partial charge in [-0.2, -0.15) is 8.42 Å². The number of fused-ring (bicyclic) bond motifs is 1. The second-order valence-corrected chi connectivity index (χ2v) is 18.2. The number of methoxy groups -OCH3 is 3. The predicted molar refractivity (Wildman–Crippen MR) is 207 cm³/mol. The largest absolute Gasteiger partial charge is 0.493 e. The zero-order chi connectivity index (χ0) is 40.4. The monoisotopic (exact) mass is 819 g/mol. The number of hydrogen-bond acceptors (Lipinski definition) is 12. The molecular formula is C38H47F2N5O9S2.